The molecule has 28 nitrogen and oxygen atoms in total. The molecule has 1 fully saturated rings. The molecule has 1 aromatic heterocycles. The monoisotopic (exact) mass is 1480 g/mol. The Morgan fingerprint density at radius 3 is 2.07 bits per heavy atom. The maximum absolute atomic E-state index is 15.7. The lowest BCUT2D eigenvalue weighted by molar-refractivity contribution is -0.870. The summed E-state index contributed by atoms with van der Waals surface area (Å²) in [4.78, 5) is 180. The highest BCUT2D eigenvalue weighted by atomic mass is 19.1. The van der Waals surface area contributed by atoms with Crippen LogP contribution in [0.25, 0.3) is 10.9 Å². The number of halogens is 1. The summed E-state index contributed by atoms with van der Waals surface area (Å²) in [7, 11) is 8.90. The minimum atomic E-state index is -1.64. The van der Waals surface area contributed by atoms with Crippen LogP contribution in [0.3, 0.4) is 0 Å². The molecular formula is C78H104FN12O16+. The van der Waals surface area contributed by atoms with Crippen LogP contribution >= 0.6 is 0 Å². The number of ether oxygens (including phenoxy) is 3. The summed E-state index contributed by atoms with van der Waals surface area (Å²) >= 11 is 0. The van der Waals surface area contributed by atoms with E-state index in [2.05, 4.69) is 47.5 Å². The quantitative estimate of drug-likeness (QED) is 0.0363. The molecule has 1 saturated heterocycles. The largest absolute Gasteiger partial charge is 0.497 e. The normalized spacial score (nSPS) is 23.4. The molecule has 5 aromatic rings. The van der Waals surface area contributed by atoms with Crippen LogP contribution in [0.2, 0.25) is 0 Å². The highest BCUT2D eigenvalue weighted by Gasteiger charge is 2.48. The minimum Gasteiger partial charge on any atom is -0.497 e. The first kappa shape index (κ1) is 82.7. The number of nitrogens with zero attached hydrogens (tertiary/aromatic N) is 3. The van der Waals surface area contributed by atoms with E-state index in [-0.39, 0.29) is 104 Å². The van der Waals surface area contributed by atoms with Gasteiger partial charge in [0.15, 0.2) is 11.6 Å². The average molecular weight is 1480 g/mol. The van der Waals surface area contributed by atoms with Gasteiger partial charge in [-0.05, 0) is 123 Å². The summed E-state index contributed by atoms with van der Waals surface area (Å²) < 4.78 is 32.5. The van der Waals surface area contributed by atoms with Crippen LogP contribution in [-0.4, -0.2) is 225 Å². The van der Waals surface area contributed by atoms with Crippen molar-refractivity contribution >= 4 is 81.5 Å². The van der Waals surface area contributed by atoms with Gasteiger partial charge in [-0.2, -0.15) is 0 Å². The first-order valence-corrected chi connectivity index (χ1v) is 36.6. The molecule has 578 valence electrons. The van der Waals surface area contributed by atoms with Crippen molar-refractivity contribution in [3.8, 4) is 5.75 Å². The fourth-order valence-electron chi connectivity index (χ4n) is 13.3. The third-order valence-electron chi connectivity index (χ3n) is 19.9. The number of quaternary nitrogens is 1. The van der Waals surface area contributed by atoms with E-state index in [0.29, 0.717) is 62.8 Å². The topological polar surface area (TPSA) is 371 Å². The van der Waals surface area contributed by atoms with Gasteiger partial charge in [0, 0.05) is 108 Å². The van der Waals surface area contributed by atoms with Gasteiger partial charge in [0.25, 0.3) is 0 Å². The molecule has 0 aliphatic carbocycles. The summed E-state index contributed by atoms with van der Waals surface area (Å²) in [6.45, 7) is 5.82. The van der Waals surface area contributed by atoms with Gasteiger partial charge in [0.2, 0.25) is 59.1 Å². The molecule has 0 unspecified atom stereocenters. The number of carbonyl (C=O) groups is 12. The number of aromatic nitrogens is 1. The Bertz CT molecular complexity index is 3970. The third kappa shape index (κ3) is 24.5. The number of aromatic amines is 1. The SMILES string of the molecule is COc1ccc(C[C@@H]2NC(=O)[C@H]([C@@H](C)O)CC(=O)[C@@H]3CCC(=O)NCc4cccc(c4)C[C@H](NC(=O)[C@@H](CNC(=O)CCOCCOCC[N+](C)(C)C)NC(=O)[C@H](C)NC(=O)CCC(=O)NCc4ccc(cc4)CCNC(=O)[C@]4(C)CCCN4C2=O)C(=O)C[C@@H](Cc2c[nH]c4ccc(F)cc24)C(=O)N3C)cc1. The van der Waals surface area contributed by atoms with Crippen molar-refractivity contribution in [2.75, 3.05) is 87.9 Å². The van der Waals surface area contributed by atoms with Crippen LogP contribution in [0.15, 0.2) is 97.2 Å². The second kappa shape index (κ2) is 39.0. The zero-order chi connectivity index (χ0) is 77.5. The number of aliphatic hydroxyl groups excluding tert-OH is 1. The predicted molar refractivity (Wildman–Crippen MR) is 394 cm³/mol. The Kier molecular flexibility index (Phi) is 30.2. The van der Waals surface area contributed by atoms with Crippen LogP contribution in [0, 0.1) is 17.7 Å². The fourth-order valence-corrected chi connectivity index (χ4v) is 13.3. The zero-order valence-electron chi connectivity index (χ0n) is 62.4. The number of hydrogen-bond acceptors (Lipinski definition) is 16. The number of H-pyrrole nitrogens is 1. The van der Waals surface area contributed by atoms with Crippen molar-refractivity contribution in [3.05, 3.63) is 136 Å². The number of hydrogen-bond donors (Lipinski definition) is 10. The van der Waals surface area contributed by atoms with E-state index in [4.69, 9.17) is 14.2 Å². The van der Waals surface area contributed by atoms with Gasteiger partial charge >= 0.3 is 0 Å². The second-order valence-electron chi connectivity index (χ2n) is 29.2. The molecule has 0 radical (unpaired) electrons. The standard InChI is InChI=1S/C78H103FN12O16/c1-48-72(99)88-64(47-84-70(97)28-33-106-35-36-107-34-32-91(5,6)7)74(101)86-62-39-53-11-9-12-54(37-53)45-83-68(95)24-23-65(89(4)75(102)55(41-66(62)93)40-56-46-81-61-22-19-57(79)42-60(56)61)67(94)43-59(49(2)92)73(100)87-63(38-51-17-20-58(105-8)21-18-51)76(103)90-31-10-29-78(90,3)77(104)80-30-27-50-13-15-52(16-14-50)44-82-69(96)25-26-71(98)85-48/h9,11-22,37,42,46,48-49,55,59,62-65,81,92H,10,23-36,38-41,43-45,47H2,1-8H3,(H7-,80,82,83,84,85,86,87,88,95,96,97,98,99,100,101,104)/p+1/t48-,49+,55+,59-,62-,63-,64+,65-,78-/m0/s1. The van der Waals surface area contributed by atoms with E-state index in [9.17, 15) is 33.9 Å². The van der Waals surface area contributed by atoms with E-state index in [0.717, 1.165) is 22.6 Å². The number of amides is 10. The average Bonchev–Trinajstić information content (AvgIpc) is 1.68. The second-order valence-corrected chi connectivity index (χ2v) is 29.2. The minimum absolute atomic E-state index is 0.0317. The summed E-state index contributed by atoms with van der Waals surface area (Å²) in [5, 5.41) is 34.0. The van der Waals surface area contributed by atoms with Gasteiger partial charge in [0.05, 0.1) is 78.8 Å². The van der Waals surface area contributed by atoms with E-state index >= 15 is 33.2 Å². The molecule has 6 bridgehead atoms. The van der Waals surface area contributed by atoms with Gasteiger partial charge < -0.3 is 81.1 Å². The van der Waals surface area contributed by atoms with Crippen molar-refractivity contribution in [2.24, 2.45) is 11.8 Å². The number of likely N-dealkylation sites (N-methyl/N-ethyl adjacent to an activating group) is 2. The molecule has 0 spiro atoms. The molecule has 10 N–H and O–H groups in total. The van der Waals surface area contributed by atoms with Gasteiger partial charge in [0.1, 0.15) is 41.8 Å². The van der Waals surface area contributed by atoms with Gasteiger partial charge in [-0.25, -0.2) is 4.39 Å². The summed E-state index contributed by atoms with van der Waals surface area (Å²) in [5.74, 6) is -11.5. The molecule has 5 heterocycles. The van der Waals surface area contributed by atoms with Gasteiger partial charge in [-0.15, -0.1) is 0 Å². The summed E-state index contributed by atoms with van der Waals surface area (Å²) in [6, 6.07) is 17.4. The molecule has 9 atom stereocenters. The Balaban J connectivity index is 1.15. The lowest BCUT2D eigenvalue weighted by Crippen LogP contribution is -2.60. The zero-order valence-corrected chi connectivity index (χ0v) is 62.4. The van der Waals surface area contributed by atoms with E-state index in [1.807, 2.05) is 33.3 Å². The molecule has 29 heteroatoms. The summed E-state index contributed by atoms with van der Waals surface area (Å²) in [5.41, 5.74) is 2.70. The number of rotatable bonds is 17. The maximum Gasteiger partial charge on any atom is 0.246 e. The molecule has 4 aliphatic heterocycles. The highest BCUT2D eigenvalue weighted by Crippen LogP contribution is 2.32. The van der Waals surface area contributed by atoms with Crippen molar-refractivity contribution in [1.29, 1.82) is 0 Å². The van der Waals surface area contributed by atoms with E-state index in [1.165, 1.54) is 51.1 Å². The fraction of sp³-hybridized carbons (Fsp3) is 0.513. The van der Waals surface area contributed by atoms with Crippen molar-refractivity contribution in [2.45, 2.75) is 159 Å². The Morgan fingerprint density at radius 2 is 1.36 bits per heavy atom. The lowest BCUT2D eigenvalue weighted by atomic mass is 9.87. The summed E-state index contributed by atoms with van der Waals surface area (Å²) in [6.07, 6.45) is -2.35. The number of nitrogens with one attached hydrogen (secondary N) is 9. The first-order chi connectivity index (χ1) is 51.0. The predicted octanol–water partition coefficient (Wildman–Crippen LogP) is 2.47. The number of fused-ring (bicyclic) bond motifs is 26. The molecule has 9 rings (SSSR count). The number of Topliss-reactive ketones (excluding diaryl/α,β-unsaturated/α-hetero) is 2. The van der Waals surface area contributed by atoms with Crippen LogP contribution in [-0.2, 0) is 106 Å². The Labute approximate surface area is 623 Å². The smallest absolute Gasteiger partial charge is 0.246 e. The molecule has 0 saturated carbocycles. The number of aliphatic hydroxyl groups is 1. The van der Waals surface area contributed by atoms with Crippen LogP contribution < -0.4 is 47.3 Å². The molecule has 10 amide bonds. The lowest BCUT2D eigenvalue weighted by Gasteiger charge is -2.37. The number of ketones is 2. The van der Waals surface area contributed by atoms with Crippen LogP contribution in [0.4, 0.5) is 4.39 Å². The van der Waals surface area contributed by atoms with Crippen molar-refractivity contribution in [1.82, 2.24) is 57.3 Å². The Hall–Kier alpha value is -9.97. The maximum atomic E-state index is 15.7. The van der Waals surface area contributed by atoms with E-state index in [1.54, 1.807) is 73.8 Å². The van der Waals surface area contributed by atoms with Gasteiger partial charge in [-0.1, -0.05) is 60.7 Å². The first-order valence-electron chi connectivity index (χ1n) is 36.6. The number of methoxy groups -OCH3 is 1. The van der Waals surface area contributed by atoms with Crippen LogP contribution in [0.1, 0.15) is 112 Å². The number of carbonyl (C=O) groups excluding carboxylic acids is 12. The van der Waals surface area contributed by atoms with Crippen LogP contribution in [0.5, 0.6) is 5.75 Å². The third-order valence-corrected chi connectivity index (χ3v) is 19.9. The van der Waals surface area contributed by atoms with E-state index < -0.39 is 150 Å². The highest BCUT2D eigenvalue weighted by molar-refractivity contribution is 6.00. The Morgan fingerprint density at radius 1 is 0.692 bits per heavy atom. The molecule has 4 aromatic carbocycles. The van der Waals surface area contributed by atoms with Crippen molar-refractivity contribution in [3.63, 3.8) is 0 Å². The molecular weight excluding hydrogens is 1380 g/mol. The number of benzene rings is 4. The molecule has 4 aliphatic rings. The van der Waals surface area contributed by atoms with Crippen molar-refractivity contribution < 1.29 is 85.7 Å². The van der Waals surface area contributed by atoms with Gasteiger partial charge in [-0.3, -0.25) is 57.5 Å². The molecule has 107 heavy (non-hydrogen) atoms.